The van der Waals surface area contributed by atoms with Crippen LogP contribution in [0.2, 0.25) is 0 Å². The summed E-state index contributed by atoms with van der Waals surface area (Å²) in [5, 5.41) is 30.5. The van der Waals surface area contributed by atoms with Gasteiger partial charge < -0.3 is 8.83 Å². The van der Waals surface area contributed by atoms with Crippen LogP contribution >= 0.6 is 0 Å². The van der Waals surface area contributed by atoms with Crippen molar-refractivity contribution in [1.29, 1.82) is 15.8 Å². The number of hydrogen-bond donors (Lipinski definition) is 0. The van der Waals surface area contributed by atoms with Crippen molar-refractivity contribution in [3.8, 4) is 18.2 Å². The molecule has 2 heterocycles. The van der Waals surface area contributed by atoms with Gasteiger partial charge in [-0.25, -0.2) is 20.1 Å². The van der Waals surface area contributed by atoms with E-state index < -0.39 is 0 Å². The van der Waals surface area contributed by atoms with Crippen LogP contribution in [-0.4, -0.2) is 9.97 Å². The van der Waals surface area contributed by atoms with Gasteiger partial charge in [0.1, 0.15) is 23.2 Å². The van der Waals surface area contributed by atoms with Crippen molar-refractivity contribution in [3.05, 3.63) is 58.9 Å². The fraction of sp³-hybridized carbons (Fsp3) is 0. The molecule has 5 rings (SSSR count). The van der Waals surface area contributed by atoms with Crippen molar-refractivity contribution in [2.24, 2.45) is 0 Å². The Balaban J connectivity index is 1.99. The Bertz CT molecular complexity index is 1810. The summed E-state index contributed by atoms with van der Waals surface area (Å²) in [6, 6.07) is 16.3. The molecule has 0 fully saturated rings. The van der Waals surface area contributed by atoms with E-state index in [0.29, 0.717) is 22.2 Å². The van der Waals surface area contributed by atoms with Crippen LogP contribution in [-0.2, 0) is 0 Å². The third-order valence-corrected chi connectivity index (χ3v) is 4.75. The van der Waals surface area contributed by atoms with Crippen LogP contribution in [0.15, 0.2) is 45.2 Å². The second kappa shape index (κ2) is 6.17. The molecular weight excluding hydrogens is 380 g/mol. The average molecular weight is 386 g/mol. The average Bonchev–Trinajstić information content (AvgIpc) is 3.39. The van der Waals surface area contributed by atoms with E-state index in [-0.39, 0.29) is 22.4 Å². The summed E-state index contributed by atoms with van der Waals surface area (Å²) in [4.78, 5) is 11.8. The van der Waals surface area contributed by atoms with E-state index in [2.05, 4.69) is 14.8 Å². The summed E-state index contributed by atoms with van der Waals surface area (Å²) in [7, 11) is 0. The Kier molecular flexibility index (Phi) is 3.49. The van der Waals surface area contributed by atoms with Crippen LogP contribution in [0.3, 0.4) is 0 Å². The highest BCUT2D eigenvalue weighted by atomic mass is 16.3. The summed E-state index contributed by atoms with van der Waals surface area (Å²) < 4.78 is 11.4. The van der Waals surface area contributed by atoms with Gasteiger partial charge in [-0.1, -0.05) is 18.2 Å². The summed E-state index contributed by atoms with van der Waals surface area (Å²) in [6.07, 6.45) is 0. The third kappa shape index (κ3) is 2.23. The second-order valence-corrected chi connectivity index (χ2v) is 6.29. The molecule has 0 atom stereocenters. The number of benzene rings is 3. The van der Waals surface area contributed by atoms with Crippen molar-refractivity contribution in [2.75, 3.05) is 0 Å². The zero-order valence-corrected chi connectivity index (χ0v) is 15.0. The highest BCUT2D eigenvalue weighted by Gasteiger charge is 2.15. The number of nitrogens with zero attached hydrogens (tertiary/aromatic N) is 6. The van der Waals surface area contributed by atoms with Gasteiger partial charge in [-0.2, -0.15) is 10.5 Å². The first-order chi connectivity index (χ1) is 14.7. The van der Waals surface area contributed by atoms with Gasteiger partial charge in [0.15, 0.2) is 16.7 Å². The van der Waals surface area contributed by atoms with Crippen molar-refractivity contribution < 1.29 is 8.83 Å². The molecule has 136 valence electrons. The zero-order valence-electron chi connectivity index (χ0n) is 15.0. The maximum Gasteiger partial charge on any atom is 0.322 e. The lowest BCUT2D eigenvalue weighted by atomic mass is 10.0. The molecule has 3 aromatic carbocycles. The molecule has 0 aliphatic rings. The quantitative estimate of drug-likeness (QED) is 0.295. The molecule has 0 aliphatic heterocycles. The lowest BCUT2D eigenvalue weighted by Gasteiger charge is -2.04. The summed E-state index contributed by atoms with van der Waals surface area (Å²) in [5.74, 6) is 0. The fourth-order valence-electron chi connectivity index (χ4n) is 3.45. The molecule has 0 bridgehead atoms. The summed E-state index contributed by atoms with van der Waals surface area (Å²) in [6.45, 7) is 7.12. The van der Waals surface area contributed by atoms with Crippen LogP contribution in [0.25, 0.3) is 59.9 Å². The molecule has 0 saturated carbocycles. The van der Waals surface area contributed by atoms with Crippen molar-refractivity contribution in [3.63, 3.8) is 0 Å². The first-order valence-corrected chi connectivity index (χ1v) is 8.56. The van der Waals surface area contributed by atoms with Gasteiger partial charge >= 0.3 is 5.70 Å². The maximum atomic E-state index is 9.13. The molecule has 8 nitrogen and oxygen atoms in total. The first-order valence-electron chi connectivity index (χ1n) is 8.56. The first kappa shape index (κ1) is 17.0. The highest BCUT2D eigenvalue weighted by Crippen LogP contribution is 2.33. The van der Waals surface area contributed by atoms with E-state index >= 15 is 0 Å². The van der Waals surface area contributed by atoms with Crippen molar-refractivity contribution in [2.45, 2.75) is 0 Å². The van der Waals surface area contributed by atoms with Crippen molar-refractivity contribution >= 4 is 55.0 Å². The van der Waals surface area contributed by atoms with Gasteiger partial charge in [0.25, 0.3) is 0 Å². The van der Waals surface area contributed by atoms with Crippen LogP contribution in [0.4, 0.5) is 0 Å². The van der Waals surface area contributed by atoms with Gasteiger partial charge in [0.05, 0.1) is 12.6 Å². The molecule has 8 heteroatoms. The zero-order chi connectivity index (χ0) is 20.8. The molecule has 0 aliphatic carbocycles. The predicted octanol–water partition coefficient (Wildman–Crippen LogP) is 3.02. The molecular formula is C22H6N6O2. The summed E-state index contributed by atoms with van der Waals surface area (Å²) >= 11 is 0. The topological polar surface area (TPSA) is 128 Å². The van der Waals surface area contributed by atoms with E-state index in [9.17, 15) is 0 Å². The third-order valence-electron chi connectivity index (χ3n) is 4.75. The van der Waals surface area contributed by atoms with Crippen LogP contribution in [0.1, 0.15) is 0 Å². The lowest BCUT2D eigenvalue weighted by Crippen LogP contribution is -2.03. The van der Waals surface area contributed by atoms with E-state index in [1.54, 1.807) is 30.3 Å². The van der Waals surface area contributed by atoms with E-state index in [0.717, 1.165) is 21.5 Å². The smallest absolute Gasteiger partial charge is 0.322 e. The molecule has 30 heavy (non-hydrogen) atoms. The van der Waals surface area contributed by atoms with Crippen LogP contribution < -0.4 is 11.1 Å². The Morgan fingerprint density at radius 1 is 0.867 bits per heavy atom. The van der Waals surface area contributed by atoms with Gasteiger partial charge in [-0.15, -0.1) is 0 Å². The molecule has 0 spiro atoms. The normalized spacial score (nSPS) is 11.7. The van der Waals surface area contributed by atoms with Crippen LogP contribution in [0, 0.1) is 40.6 Å². The van der Waals surface area contributed by atoms with E-state index in [1.165, 1.54) is 0 Å². The van der Waals surface area contributed by atoms with Gasteiger partial charge in [-0.05, 0) is 29.0 Å². The second-order valence-electron chi connectivity index (χ2n) is 6.29. The molecule has 0 unspecified atom stereocenters. The summed E-state index contributed by atoms with van der Waals surface area (Å²) in [5.41, 5.74) is 1.43. The molecule has 0 saturated heterocycles. The number of fused-ring (bicyclic) bond motifs is 7. The molecule has 0 radical (unpaired) electrons. The van der Waals surface area contributed by atoms with Crippen molar-refractivity contribution in [1.82, 2.24) is 9.97 Å². The minimum absolute atomic E-state index is 0.0303. The Hall–Kier alpha value is -5.18. The molecule has 0 N–H and O–H groups in total. The Labute approximate surface area is 167 Å². The number of nitriles is 3. The van der Waals surface area contributed by atoms with Gasteiger partial charge in [0, 0.05) is 10.8 Å². The molecule has 5 aromatic rings. The predicted molar refractivity (Wildman–Crippen MR) is 106 cm³/mol. The molecule has 0 amide bonds. The minimum Gasteiger partial charge on any atom is -0.446 e. The number of oxazole rings is 2. The standard InChI is InChI=1S/C22H6N6O2/c1-26-16(10-25)22-28-19-17(29-22)7-3-11-2-4-14-13(18(11)19)5-6-15-20(14)30-21(27-15)12(8-23)9-24/h2-7H/b22-16-. The maximum absolute atomic E-state index is 9.13. The number of aromatic nitrogens is 2. The number of hydrogen-bond acceptors (Lipinski definition) is 7. The largest absolute Gasteiger partial charge is 0.446 e. The monoisotopic (exact) mass is 386 g/mol. The Morgan fingerprint density at radius 2 is 1.63 bits per heavy atom. The minimum atomic E-state index is -0.224. The lowest BCUT2D eigenvalue weighted by molar-refractivity contribution is 0.559. The fourth-order valence-corrected chi connectivity index (χ4v) is 3.45. The number of rotatable bonds is 0. The van der Waals surface area contributed by atoms with Gasteiger partial charge in [-0.3, -0.25) is 0 Å². The molecule has 2 aromatic heterocycles. The van der Waals surface area contributed by atoms with E-state index in [1.807, 2.05) is 24.3 Å². The van der Waals surface area contributed by atoms with E-state index in [4.69, 9.17) is 31.2 Å². The van der Waals surface area contributed by atoms with Crippen LogP contribution in [0.5, 0.6) is 0 Å². The SMILES string of the molecule is [C-]#[N+]/C(C#N)=c1/nc2c(ccc3ccc4c(ccc5nc(=C(C#N)C#N)oc54)c32)o1. The van der Waals surface area contributed by atoms with Gasteiger partial charge in [0.2, 0.25) is 11.1 Å². The highest BCUT2D eigenvalue weighted by molar-refractivity contribution is 6.22. The Morgan fingerprint density at radius 3 is 2.37 bits per heavy atom.